The number of fused-ring (bicyclic) bond motifs is 1. The van der Waals surface area contributed by atoms with E-state index >= 15 is 0 Å². The molecule has 0 radical (unpaired) electrons. The molecule has 7 nitrogen and oxygen atoms in total. The number of aryl methyl sites for hydroxylation is 1. The van der Waals surface area contributed by atoms with Crippen molar-refractivity contribution in [3.8, 4) is 11.4 Å². The van der Waals surface area contributed by atoms with Crippen LogP contribution in [0.2, 0.25) is 0 Å². The largest absolute Gasteiger partial charge is 0.381 e. The van der Waals surface area contributed by atoms with Crippen LogP contribution in [0.5, 0.6) is 0 Å². The minimum absolute atomic E-state index is 0.203. The van der Waals surface area contributed by atoms with Gasteiger partial charge in [0.2, 0.25) is 5.95 Å². The first-order valence-electron chi connectivity index (χ1n) is 10.1. The maximum atomic E-state index is 5.73. The Morgan fingerprint density at radius 2 is 2.07 bits per heavy atom. The van der Waals surface area contributed by atoms with Crippen LogP contribution in [0.4, 0.5) is 5.95 Å². The molecule has 0 bridgehead atoms. The van der Waals surface area contributed by atoms with Crippen molar-refractivity contribution in [3.05, 3.63) is 30.5 Å². The van der Waals surface area contributed by atoms with Crippen LogP contribution in [0.1, 0.15) is 13.3 Å². The lowest BCUT2D eigenvalue weighted by Gasteiger charge is -2.32. The van der Waals surface area contributed by atoms with Crippen LogP contribution in [0, 0.1) is 5.92 Å². The van der Waals surface area contributed by atoms with Gasteiger partial charge in [-0.3, -0.25) is 4.57 Å². The Morgan fingerprint density at radius 3 is 2.89 bits per heavy atom. The van der Waals surface area contributed by atoms with Crippen LogP contribution in [-0.4, -0.2) is 58.3 Å². The van der Waals surface area contributed by atoms with Crippen LogP contribution in [-0.2, 0) is 23.1 Å². The third-order valence-corrected chi connectivity index (χ3v) is 5.86. The minimum atomic E-state index is 0.203. The molecule has 0 amide bonds. The van der Waals surface area contributed by atoms with E-state index in [1.54, 1.807) is 0 Å². The normalized spacial score (nSPS) is 23.0. The van der Waals surface area contributed by atoms with Gasteiger partial charge in [0.05, 0.1) is 19.3 Å². The van der Waals surface area contributed by atoms with E-state index in [0.29, 0.717) is 5.92 Å². The zero-order valence-corrected chi connectivity index (χ0v) is 16.5. The van der Waals surface area contributed by atoms with Crippen molar-refractivity contribution in [2.45, 2.75) is 26.0 Å². The first-order valence-corrected chi connectivity index (χ1v) is 10.1. The molecular weight excluding hydrogens is 354 g/mol. The first kappa shape index (κ1) is 17.7. The SMILES string of the molecule is CC1CN(c2nnc(-c3cn(C)c4ccccc34)n2CC2CCOC2)CCO1. The maximum Gasteiger partial charge on any atom is 0.227 e. The second-order valence-corrected chi connectivity index (χ2v) is 7.96. The van der Waals surface area contributed by atoms with Crippen LogP contribution >= 0.6 is 0 Å². The molecule has 2 aliphatic rings. The number of rotatable bonds is 4. The lowest BCUT2D eigenvalue weighted by Crippen LogP contribution is -2.42. The van der Waals surface area contributed by atoms with Crippen molar-refractivity contribution in [1.82, 2.24) is 19.3 Å². The van der Waals surface area contributed by atoms with Gasteiger partial charge in [-0.05, 0) is 19.4 Å². The van der Waals surface area contributed by atoms with Crippen molar-refractivity contribution < 1.29 is 9.47 Å². The smallest absolute Gasteiger partial charge is 0.227 e. The minimum Gasteiger partial charge on any atom is -0.381 e. The summed E-state index contributed by atoms with van der Waals surface area (Å²) in [7, 11) is 2.09. The molecule has 2 fully saturated rings. The van der Waals surface area contributed by atoms with Gasteiger partial charge in [0.25, 0.3) is 0 Å². The highest BCUT2D eigenvalue weighted by Gasteiger charge is 2.27. The van der Waals surface area contributed by atoms with E-state index in [4.69, 9.17) is 9.47 Å². The molecule has 7 heteroatoms. The average molecular weight is 381 g/mol. The zero-order chi connectivity index (χ0) is 19.1. The van der Waals surface area contributed by atoms with Crippen molar-refractivity contribution in [2.24, 2.45) is 13.0 Å². The fraction of sp³-hybridized carbons (Fsp3) is 0.524. The van der Waals surface area contributed by atoms with E-state index in [2.05, 4.69) is 68.7 Å². The summed E-state index contributed by atoms with van der Waals surface area (Å²) in [5.74, 6) is 2.39. The number of ether oxygens (including phenoxy) is 2. The Balaban J connectivity index is 1.60. The lowest BCUT2D eigenvalue weighted by molar-refractivity contribution is 0.0523. The molecule has 2 saturated heterocycles. The van der Waals surface area contributed by atoms with E-state index in [-0.39, 0.29) is 6.10 Å². The van der Waals surface area contributed by atoms with E-state index in [1.807, 2.05) is 0 Å². The Hall–Kier alpha value is -2.38. The van der Waals surface area contributed by atoms with Crippen LogP contribution in [0.3, 0.4) is 0 Å². The number of benzene rings is 1. The quantitative estimate of drug-likeness (QED) is 0.696. The van der Waals surface area contributed by atoms with Gasteiger partial charge in [-0.1, -0.05) is 18.2 Å². The highest BCUT2D eigenvalue weighted by molar-refractivity contribution is 5.94. The summed E-state index contributed by atoms with van der Waals surface area (Å²) in [6.07, 6.45) is 3.46. The molecule has 0 spiro atoms. The lowest BCUT2D eigenvalue weighted by atomic mass is 10.1. The standard InChI is InChI=1S/C21H27N5O2/c1-15-11-25(8-10-28-15)21-23-22-20(26(21)12-16-7-9-27-14-16)18-13-24(2)19-6-4-3-5-17(18)19/h3-6,13,15-16H,7-12,14H2,1-2H3. The Bertz CT molecular complexity index is 972. The number of hydrogen-bond acceptors (Lipinski definition) is 5. The molecule has 2 atom stereocenters. The van der Waals surface area contributed by atoms with Gasteiger partial charge < -0.3 is 18.9 Å². The number of aromatic nitrogens is 4. The monoisotopic (exact) mass is 381 g/mol. The zero-order valence-electron chi connectivity index (χ0n) is 16.5. The maximum absolute atomic E-state index is 5.73. The summed E-state index contributed by atoms with van der Waals surface area (Å²) >= 11 is 0. The van der Waals surface area contributed by atoms with Gasteiger partial charge in [-0.15, -0.1) is 10.2 Å². The summed E-state index contributed by atoms with van der Waals surface area (Å²) in [6, 6.07) is 8.48. The number of anilines is 1. The second-order valence-electron chi connectivity index (χ2n) is 7.96. The molecule has 28 heavy (non-hydrogen) atoms. The first-order chi connectivity index (χ1) is 13.7. The molecule has 2 aliphatic heterocycles. The predicted octanol–water partition coefficient (Wildman–Crippen LogP) is 2.70. The summed E-state index contributed by atoms with van der Waals surface area (Å²) in [5, 5.41) is 10.5. The van der Waals surface area contributed by atoms with Crippen LogP contribution < -0.4 is 4.90 Å². The molecule has 1 aromatic carbocycles. The summed E-state index contributed by atoms with van der Waals surface area (Å²) in [4.78, 5) is 2.31. The van der Waals surface area contributed by atoms with Gasteiger partial charge in [0.1, 0.15) is 0 Å². The van der Waals surface area contributed by atoms with Crippen molar-refractivity contribution in [3.63, 3.8) is 0 Å². The van der Waals surface area contributed by atoms with E-state index in [1.165, 1.54) is 10.9 Å². The number of morpholine rings is 1. The van der Waals surface area contributed by atoms with Gasteiger partial charge in [0.15, 0.2) is 5.82 Å². The number of para-hydroxylation sites is 1. The van der Waals surface area contributed by atoms with Gasteiger partial charge in [0, 0.05) is 61.9 Å². The van der Waals surface area contributed by atoms with Crippen molar-refractivity contribution >= 4 is 16.9 Å². The second kappa shape index (κ2) is 7.22. The molecule has 0 N–H and O–H groups in total. The molecule has 2 aromatic heterocycles. The topological polar surface area (TPSA) is 57.3 Å². The predicted molar refractivity (Wildman–Crippen MR) is 108 cm³/mol. The Kier molecular flexibility index (Phi) is 4.56. The highest BCUT2D eigenvalue weighted by atomic mass is 16.5. The van der Waals surface area contributed by atoms with Crippen molar-refractivity contribution in [2.75, 3.05) is 37.8 Å². The number of nitrogens with zero attached hydrogens (tertiary/aromatic N) is 5. The van der Waals surface area contributed by atoms with Gasteiger partial charge >= 0.3 is 0 Å². The summed E-state index contributed by atoms with van der Waals surface area (Å²) in [6.45, 7) is 7.07. The highest BCUT2D eigenvalue weighted by Crippen LogP contribution is 2.32. The molecule has 148 valence electrons. The van der Waals surface area contributed by atoms with E-state index in [9.17, 15) is 0 Å². The Morgan fingerprint density at radius 1 is 1.18 bits per heavy atom. The van der Waals surface area contributed by atoms with Crippen LogP contribution in [0.15, 0.2) is 30.5 Å². The van der Waals surface area contributed by atoms with Crippen LogP contribution in [0.25, 0.3) is 22.3 Å². The molecule has 5 rings (SSSR count). The molecule has 2 unspecified atom stereocenters. The third kappa shape index (κ3) is 3.08. The van der Waals surface area contributed by atoms with Gasteiger partial charge in [-0.25, -0.2) is 0 Å². The summed E-state index contributed by atoms with van der Waals surface area (Å²) in [5.41, 5.74) is 2.34. The number of hydrogen-bond donors (Lipinski definition) is 0. The fourth-order valence-electron chi connectivity index (χ4n) is 4.40. The van der Waals surface area contributed by atoms with E-state index < -0.39 is 0 Å². The molecular formula is C21H27N5O2. The average Bonchev–Trinajstić information content (AvgIpc) is 3.42. The van der Waals surface area contributed by atoms with Gasteiger partial charge in [-0.2, -0.15) is 0 Å². The molecule has 0 saturated carbocycles. The molecule has 3 aromatic rings. The van der Waals surface area contributed by atoms with E-state index in [0.717, 1.165) is 63.2 Å². The fourth-order valence-corrected chi connectivity index (χ4v) is 4.40. The Labute approximate surface area is 164 Å². The van der Waals surface area contributed by atoms with Crippen molar-refractivity contribution in [1.29, 1.82) is 0 Å². The summed E-state index contributed by atoms with van der Waals surface area (Å²) < 4.78 is 15.8. The molecule has 4 heterocycles. The molecule has 0 aliphatic carbocycles. The third-order valence-electron chi connectivity index (χ3n) is 5.86.